The van der Waals surface area contributed by atoms with Gasteiger partial charge in [0.25, 0.3) is 0 Å². The number of hydrogen-bond donors (Lipinski definition) is 0. The zero-order chi connectivity index (χ0) is 15.3. The van der Waals surface area contributed by atoms with E-state index in [0.717, 1.165) is 38.9 Å². The number of pyridine rings is 2. The molecule has 3 heteroatoms. The summed E-state index contributed by atoms with van der Waals surface area (Å²) in [4.78, 5) is 4.41. The van der Waals surface area contributed by atoms with Crippen LogP contribution in [0.25, 0.3) is 33.2 Å². The lowest BCUT2D eigenvalue weighted by Gasteiger charge is -2.05. The fourth-order valence-corrected chi connectivity index (χ4v) is 3.15. The monoisotopic (exact) mass is 289 g/mol. The van der Waals surface area contributed by atoms with E-state index >= 15 is 0 Å². The molecule has 0 atom stereocenters. The largest absolute Gasteiger partial charge is 0.455 e. The van der Waals surface area contributed by atoms with Crippen molar-refractivity contribution in [3.05, 3.63) is 60.0 Å². The second kappa shape index (κ2) is 4.67. The number of aromatic nitrogens is 2. The van der Waals surface area contributed by atoms with E-state index in [2.05, 4.69) is 54.0 Å². The van der Waals surface area contributed by atoms with E-state index in [4.69, 9.17) is 4.42 Å². The Morgan fingerprint density at radius 3 is 2.73 bits per heavy atom. The summed E-state index contributed by atoms with van der Waals surface area (Å²) in [5, 5.41) is 2.24. The molecule has 0 saturated carbocycles. The summed E-state index contributed by atoms with van der Waals surface area (Å²) in [6.45, 7) is 4.15. The predicted molar refractivity (Wildman–Crippen MR) is 87.6 cm³/mol. The van der Waals surface area contributed by atoms with Crippen LogP contribution < -0.4 is 4.57 Å². The molecule has 1 aromatic carbocycles. The highest BCUT2D eigenvalue weighted by Crippen LogP contribution is 2.37. The van der Waals surface area contributed by atoms with Crippen molar-refractivity contribution in [2.24, 2.45) is 7.05 Å². The number of fused-ring (bicyclic) bond motifs is 3. The van der Waals surface area contributed by atoms with Crippen LogP contribution in [0.1, 0.15) is 11.3 Å². The van der Waals surface area contributed by atoms with Gasteiger partial charge < -0.3 is 4.42 Å². The third kappa shape index (κ3) is 1.75. The summed E-state index contributed by atoms with van der Waals surface area (Å²) >= 11 is 0. The van der Waals surface area contributed by atoms with E-state index < -0.39 is 0 Å². The van der Waals surface area contributed by atoms with E-state index in [1.807, 2.05) is 19.1 Å². The van der Waals surface area contributed by atoms with E-state index in [0.29, 0.717) is 0 Å². The molecule has 0 bridgehead atoms. The van der Waals surface area contributed by atoms with Gasteiger partial charge in [-0.3, -0.25) is 4.98 Å². The Morgan fingerprint density at radius 2 is 1.91 bits per heavy atom. The molecule has 0 spiro atoms. The van der Waals surface area contributed by atoms with Gasteiger partial charge in [-0.25, -0.2) is 4.57 Å². The summed E-state index contributed by atoms with van der Waals surface area (Å²) < 4.78 is 8.33. The van der Waals surface area contributed by atoms with Crippen molar-refractivity contribution in [3.8, 4) is 11.3 Å². The van der Waals surface area contributed by atoms with Gasteiger partial charge in [0.1, 0.15) is 18.2 Å². The quantitative estimate of drug-likeness (QED) is 0.494. The summed E-state index contributed by atoms with van der Waals surface area (Å²) in [5.74, 6) is 0. The fourth-order valence-electron chi connectivity index (χ4n) is 3.15. The highest BCUT2D eigenvalue weighted by molar-refractivity contribution is 6.10. The molecule has 22 heavy (non-hydrogen) atoms. The molecule has 0 aliphatic rings. The number of aryl methyl sites for hydroxylation is 3. The first-order chi connectivity index (χ1) is 10.7. The average Bonchev–Trinajstić information content (AvgIpc) is 2.88. The molecule has 3 nitrogen and oxygen atoms in total. The molecule has 0 radical (unpaired) electrons. The molecule has 4 aromatic rings. The van der Waals surface area contributed by atoms with E-state index in [1.54, 1.807) is 6.20 Å². The molecule has 4 rings (SSSR count). The van der Waals surface area contributed by atoms with Gasteiger partial charge in [-0.2, -0.15) is 0 Å². The zero-order valence-corrected chi connectivity index (χ0v) is 12.9. The molecule has 3 heterocycles. The van der Waals surface area contributed by atoms with Crippen molar-refractivity contribution in [2.75, 3.05) is 0 Å². The SMILES string of the molecule is Cc1ccc2c(oc3ccnc(C)c32)c1-c1cccc[n+]1C. The maximum Gasteiger partial charge on any atom is 0.216 e. The minimum Gasteiger partial charge on any atom is -0.455 e. The summed E-state index contributed by atoms with van der Waals surface area (Å²) in [5.41, 5.74) is 6.34. The predicted octanol–water partition coefficient (Wildman–Crippen LogP) is 4.09. The molecule has 0 amide bonds. The van der Waals surface area contributed by atoms with Gasteiger partial charge in [-0.15, -0.1) is 0 Å². The number of nitrogens with zero attached hydrogens (tertiary/aromatic N) is 2. The molecule has 0 unspecified atom stereocenters. The van der Waals surface area contributed by atoms with Crippen LogP contribution in [0.2, 0.25) is 0 Å². The van der Waals surface area contributed by atoms with Crippen LogP contribution in [0.15, 0.2) is 53.2 Å². The molecule has 3 aromatic heterocycles. The lowest BCUT2D eigenvalue weighted by Crippen LogP contribution is -2.30. The number of benzene rings is 1. The maximum absolute atomic E-state index is 6.20. The van der Waals surface area contributed by atoms with Gasteiger partial charge in [0.05, 0.1) is 5.56 Å². The van der Waals surface area contributed by atoms with Crippen molar-refractivity contribution in [1.82, 2.24) is 4.98 Å². The van der Waals surface area contributed by atoms with Gasteiger partial charge in [0.2, 0.25) is 5.69 Å². The first-order valence-electron chi connectivity index (χ1n) is 7.39. The summed E-state index contributed by atoms with van der Waals surface area (Å²) in [6, 6.07) is 12.4. The maximum atomic E-state index is 6.20. The van der Waals surface area contributed by atoms with Crippen LogP contribution >= 0.6 is 0 Å². The van der Waals surface area contributed by atoms with Gasteiger partial charge in [0.15, 0.2) is 6.20 Å². The van der Waals surface area contributed by atoms with Crippen LogP contribution in [0.5, 0.6) is 0 Å². The van der Waals surface area contributed by atoms with Crippen LogP contribution in [-0.4, -0.2) is 4.98 Å². The number of furan rings is 1. The Labute approximate surface area is 128 Å². The molecule has 0 fully saturated rings. The van der Waals surface area contributed by atoms with E-state index in [1.165, 1.54) is 5.56 Å². The Bertz CT molecular complexity index is 1010. The number of hydrogen-bond acceptors (Lipinski definition) is 2. The topological polar surface area (TPSA) is 29.9 Å². The smallest absolute Gasteiger partial charge is 0.216 e. The van der Waals surface area contributed by atoms with Crippen molar-refractivity contribution >= 4 is 21.9 Å². The van der Waals surface area contributed by atoms with Crippen LogP contribution in [0.4, 0.5) is 0 Å². The Morgan fingerprint density at radius 1 is 1.05 bits per heavy atom. The zero-order valence-electron chi connectivity index (χ0n) is 12.9. The van der Waals surface area contributed by atoms with Crippen molar-refractivity contribution in [3.63, 3.8) is 0 Å². The number of rotatable bonds is 1. The first kappa shape index (κ1) is 13.0. The average molecular weight is 289 g/mol. The first-order valence-corrected chi connectivity index (χ1v) is 7.39. The van der Waals surface area contributed by atoms with Crippen LogP contribution in [-0.2, 0) is 7.05 Å². The molecular formula is C19H17N2O+. The molecule has 0 aliphatic carbocycles. The van der Waals surface area contributed by atoms with Crippen LogP contribution in [0.3, 0.4) is 0 Å². The Balaban J connectivity index is 2.19. The van der Waals surface area contributed by atoms with Crippen molar-refractivity contribution in [2.45, 2.75) is 13.8 Å². The Kier molecular flexibility index (Phi) is 2.76. The molecule has 0 aliphatic heterocycles. The minimum atomic E-state index is 0.896. The van der Waals surface area contributed by atoms with Crippen molar-refractivity contribution < 1.29 is 8.98 Å². The Hall–Kier alpha value is -2.68. The van der Waals surface area contributed by atoms with Gasteiger partial charge in [-0.1, -0.05) is 12.1 Å². The summed E-state index contributed by atoms with van der Waals surface area (Å²) in [7, 11) is 2.06. The lowest BCUT2D eigenvalue weighted by atomic mass is 10.0. The van der Waals surface area contributed by atoms with Crippen LogP contribution in [0, 0.1) is 13.8 Å². The van der Waals surface area contributed by atoms with E-state index in [9.17, 15) is 0 Å². The summed E-state index contributed by atoms with van der Waals surface area (Å²) in [6.07, 6.45) is 3.86. The normalized spacial score (nSPS) is 11.4. The highest BCUT2D eigenvalue weighted by atomic mass is 16.3. The van der Waals surface area contributed by atoms with Gasteiger partial charge >= 0.3 is 0 Å². The molecule has 0 saturated heterocycles. The molecular weight excluding hydrogens is 272 g/mol. The standard InChI is InChI=1S/C19H17N2O/c1-12-7-8-14-18-13(2)20-10-9-16(18)22-19(14)17(12)15-6-4-5-11-21(15)3/h4-11H,1-3H3/q+1. The van der Waals surface area contributed by atoms with Gasteiger partial charge in [0, 0.05) is 34.8 Å². The minimum absolute atomic E-state index is 0.896. The van der Waals surface area contributed by atoms with Crippen molar-refractivity contribution in [1.29, 1.82) is 0 Å². The fraction of sp³-hybridized carbons (Fsp3) is 0.158. The molecule has 0 N–H and O–H groups in total. The second-order valence-corrected chi connectivity index (χ2v) is 5.70. The lowest BCUT2D eigenvalue weighted by molar-refractivity contribution is -0.660. The highest BCUT2D eigenvalue weighted by Gasteiger charge is 2.20. The third-order valence-electron chi connectivity index (χ3n) is 4.26. The van der Waals surface area contributed by atoms with Gasteiger partial charge in [-0.05, 0) is 31.5 Å². The molecule has 108 valence electrons. The van der Waals surface area contributed by atoms with E-state index in [-0.39, 0.29) is 0 Å². The third-order valence-corrected chi connectivity index (χ3v) is 4.26. The second-order valence-electron chi connectivity index (χ2n) is 5.70.